The van der Waals surface area contributed by atoms with E-state index in [0.29, 0.717) is 5.92 Å². The van der Waals surface area contributed by atoms with E-state index in [2.05, 4.69) is 26.8 Å². The fraction of sp³-hybridized carbons (Fsp3) is 0.667. The summed E-state index contributed by atoms with van der Waals surface area (Å²) in [7, 11) is 0. The fourth-order valence-electron chi connectivity index (χ4n) is 2.01. The number of thiophene rings is 1. The fourth-order valence-corrected chi connectivity index (χ4v) is 3.23. The van der Waals surface area contributed by atoms with Gasteiger partial charge in [-0.3, -0.25) is 0 Å². The Balaban J connectivity index is 2.28. The monoisotopic (exact) mass is 194 g/mol. The van der Waals surface area contributed by atoms with E-state index in [9.17, 15) is 0 Å². The van der Waals surface area contributed by atoms with Crippen molar-refractivity contribution < 1.29 is 0 Å². The Morgan fingerprint density at radius 3 is 2.92 bits per heavy atom. The molecule has 0 nitrogen and oxygen atoms in total. The number of aryl methyl sites for hydroxylation is 1. The second-order valence-corrected chi connectivity index (χ2v) is 5.77. The van der Waals surface area contributed by atoms with Crippen LogP contribution in [0.4, 0.5) is 0 Å². The number of hydrogen-bond donors (Lipinski definition) is 0. The molecule has 0 radical (unpaired) electrons. The van der Waals surface area contributed by atoms with Crippen molar-refractivity contribution in [3.8, 4) is 0 Å². The summed E-state index contributed by atoms with van der Waals surface area (Å²) in [5.74, 6) is 1.62. The molecule has 2 rings (SSSR count). The van der Waals surface area contributed by atoms with E-state index in [1.54, 1.807) is 15.3 Å². The first-order valence-corrected chi connectivity index (χ1v) is 6.10. The van der Waals surface area contributed by atoms with Crippen LogP contribution in [0.15, 0.2) is 6.07 Å². The van der Waals surface area contributed by atoms with Gasteiger partial charge in [-0.1, -0.05) is 20.8 Å². The molecule has 1 atom stereocenters. The lowest BCUT2D eigenvalue weighted by Gasteiger charge is -2.17. The molecule has 1 aromatic heterocycles. The third kappa shape index (κ3) is 1.80. The van der Waals surface area contributed by atoms with Gasteiger partial charge in [0.25, 0.3) is 0 Å². The van der Waals surface area contributed by atoms with E-state index in [-0.39, 0.29) is 0 Å². The maximum atomic E-state index is 2.44. The van der Waals surface area contributed by atoms with E-state index in [0.717, 1.165) is 5.92 Å². The first kappa shape index (κ1) is 9.26. The van der Waals surface area contributed by atoms with Crippen LogP contribution in [0.25, 0.3) is 0 Å². The Labute approximate surface area is 85.0 Å². The van der Waals surface area contributed by atoms with Crippen LogP contribution >= 0.6 is 11.3 Å². The molecule has 1 unspecified atom stereocenters. The van der Waals surface area contributed by atoms with Gasteiger partial charge in [-0.15, -0.1) is 11.3 Å². The minimum absolute atomic E-state index is 0.714. The first-order valence-electron chi connectivity index (χ1n) is 5.28. The molecule has 0 saturated carbocycles. The van der Waals surface area contributed by atoms with Crippen LogP contribution in [-0.4, -0.2) is 0 Å². The molecule has 0 aromatic carbocycles. The summed E-state index contributed by atoms with van der Waals surface area (Å²) in [4.78, 5) is 3.25. The Morgan fingerprint density at radius 1 is 1.46 bits per heavy atom. The van der Waals surface area contributed by atoms with Gasteiger partial charge < -0.3 is 0 Å². The minimum atomic E-state index is 0.714. The van der Waals surface area contributed by atoms with Crippen LogP contribution in [-0.2, 0) is 12.8 Å². The van der Waals surface area contributed by atoms with Gasteiger partial charge in [0.15, 0.2) is 0 Å². The lowest BCUT2D eigenvalue weighted by atomic mass is 9.90. The zero-order valence-corrected chi connectivity index (χ0v) is 9.58. The molecule has 13 heavy (non-hydrogen) atoms. The summed E-state index contributed by atoms with van der Waals surface area (Å²) in [6.07, 6.45) is 4.04. The Kier molecular flexibility index (Phi) is 2.46. The van der Waals surface area contributed by atoms with Gasteiger partial charge in [-0.2, -0.15) is 0 Å². The molecule has 1 aliphatic rings. The normalized spacial score (nSPS) is 22.0. The molecule has 0 spiro atoms. The Bertz CT molecular complexity index is 296. The summed E-state index contributed by atoms with van der Waals surface area (Å²) >= 11 is 2.05. The lowest BCUT2D eigenvalue weighted by Crippen LogP contribution is -2.08. The number of rotatable bonds is 1. The smallest absolute Gasteiger partial charge is 0.00804 e. The third-order valence-electron chi connectivity index (χ3n) is 2.92. The zero-order valence-electron chi connectivity index (χ0n) is 8.76. The SMILES string of the molecule is CC1CCc2sc(C(C)C)cc2C1. The Morgan fingerprint density at radius 2 is 2.23 bits per heavy atom. The molecule has 1 aliphatic carbocycles. The average molecular weight is 194 g/mol. The third-order valence-corrected chi connectivity index (χ3v) is 4.45. The largest absolute Gasteiger partial charge is 0.145 e. The van der Waals surface area contributed by atoms with Crippen LogP contribution < -0.4 is 0 Å². The van der Waals surface area contributed by atoms with E-state index >= 15 is 0 Å². The van der Waals surface area contributed by atoms with Crippen molar-refractivity contribution in [2.75, 3.05) is 0 Å². The second kappa shape index (κ2) is 3.45. The molecule has 1 aromatic rings. The van der Waals surface area contributed by atoms with Gasteiger partial charge in [0.1, 0.15) is 0 Å². The minimum Gasteiger partial charge on any atom is -0.145 e. The molecular formula is C12H18S. The van der Waals surface area contributed by atoms with Crippen molar-refractivity contribution in [2.45, 2.75) is 46.0 Å². The highest BCUT2D eigenvalue weighted by molar-refractivity contribution is 7.12. The Hall–Kier alpha value is -0.300. The maximum absolute atomic E-state index is 2.44. The maximum Gasteiger partial charge on any atom is 0.00804 e. The molecule has 1 heterocycles. The van der Waals surface area contributed by atoms with Crippen molar-refractivity contribution in [1.29, 1.82) is 0 Å². The van der Waals surface area contributed by atoms with E-state index in [4.69, 9.17) is 0 Å². The van der Waals surface area contributed by atoms with Gasteiger partial charge >= 0.3 is 0 Å². The zero-order chi connectivity index (χ0) is 9.42. The molecular weight excluding hydrogens is 176 g/mol. The van der Waals surface area contributed by atoms with Gasteiger partial charge in [-0.25, -0.2) is 0 Å². The van der Waals surface area contributed by atoms with Crippen molar-refractivity contribution in [3.05, 3.63) is 21.4 Å². The molecule has 0 saturated heterocycles. The molecule has 72 valence electrons. The predicted molar refractivity (Wildman–Crippen MR) is 59.6 cm³/mol. The average Bonchev–Trinajstić information content (AvgIpc) is 2.46. The molecule has 0 bridgehead atoms. The highest BCUT2D eigenvalue weighted by atomic mass is 32.1. The highest BCUT2D eigenvalue weighted by Crippen LogP contribution is 2.34. The summed E-state index contributed by atoms with van der Waals surface area (Å²) < 4.78 is 0. The first-order chi connectivity index (χ1) is 6.16. The van der Waals surface area contributed by atoms with Crippen LogP contribution in [0, 0.1) is 5.92 Å². The number of hydrogen-bond acceptors (Lipinski definition) is 1. The topological polar surface area (TPSA) is 0 Å². The molecule has 0 fully saturated rings. The molecule has 0 N–H and O–H groups in total. The van der Waals surface area contributed by atoms with Gasteiger partial charge in [0.05, 0.1) is 0 Å². The van der Waals surface area contributed by atoms with Gasteiger partial charge in [0.2, 0.25) is 0 Å². The van der Waals surface area contributed by atoms with Gasteiger partial charge in [-0.05, 0) is 42.7 Å². The van der Waals surface area contributed by atoms with E-state index < -0.39 is 0 Å². The molecule has 0 aliphatic heterocycles. The standard InChI is InChI=1S/C12H18S/c1-8(2)12-7-10-6-9(3)4-5-11(10)13-12/h7-9H,4-6H2,1-3H3. The van der Waals surface area contributed by atoms with E-state index in [1.165, 1.54) is 19.3 Å². The van der Waals surface area contributed by atoms with Crippen LogP contribution in [0.1, 0.15) is 48.4 Å². The summed E-state index contributed by atoms with van der Waals surface area (Å²) in [5, 5.41) is 0. The van der Waals surface area contributed by atoms with Crippen LogP contribution in [0.3, 0.4) is 0 Å². The predicted octanol–water partition coefficient (Wildman–Crippen LogP) is 4.00. The lowest BCUT2D eigenvalue weighted by molar-refractivity contribution is 0.506. The number of fused-ring (bicyclic) bond motifs is 1. The summed E-state index contributed by atoms with van der Waals surface area (Å²) in [6.45, 7) is 6.96. The van der Waals surface area contributed by atoms with Crippen molar-refractivity contribution in [1.82, 2.24) is 0 Å². The molecule has 1 heteroatoms. The molecule has 0 amide bonds. The van der Waals surface area contributed by atoms with Gasteiger partial charge in [0, 0.05) is 9.75 Å². The summed E-state index contributed by atoms with van der Waals surface area (Å²) in [5.41, 5.74) is 1.65. The van der Waals surface area contributed by atoms with Crippen molar-refractivity contribution in [3.63, 3.8) is 0 Å². The second-order valence-electron chi connectivity index (χ2n) is 4.60. The highest BCUT2D eigenvalue weighted by Gasteiger charge is 2.18. The summed E-state index contributed by atoms with van der Waals surface area (Å²) in [6, 6.07) is 2.44. The van der Waals surface area contributed by atoms with Crippen LogP contribution in [0.2, 0.25) is 0 Å². The van der Waals surface area contributed by atoms with Crippen molar-refractivity contribution in [2.24, 2.45) is 5.92 Å². The van der Waals surface area contributed by atoms with E-state index in [1.807, 2.05) is 11.3 Å². The quantitative estimate of drug-likeness (QED) is 0.634. The van der Waals surface area contributed by atoms with Crippen molar-refractivity contribution >= 4 is 11.3 Å². The van der Waals surface area contributed by atoms with Crippen LogP contribution in [0.5, 0.6) is 0 Å².